The number of likely N-dealkylation sites (tertiary alicyclic amines) is 1. The highest BCUT2D eigenvalue weighted by Crippen LogP contribution is 2.38. The number of rotatable bonds is 3. The van der Waals surface area contributed by atoms with Gasteiger partial charge in [-0.15, -0.1) is 12.4 Å². The third-order valence-corrected chi connectivity index (χ3v) is 6.17. The fraction of sp³-hybridized carbons (Fsp3) is 0.571. The lowest BCUT2D eigenvalue weighted by Gasteiger charge is -2.22. The topological polar surface area (TPSA) is 51.5 Å². The van der Waals surface area contributed by atoms with Crippen LogP contribution in [-0.4, -0.2) is 54.1 Å². The van der Waals surface area contributed by atoms with Crippen molar-refractivity contribution >= 4 is 12.4 Å². The van der Waals surface area contributed by atoms with Crippen molar-refractivity contribution < 1.29 is 9.47 Å². The van der Waals surface area contributed by atoms with E-state index in [1.807, 2.05) is 17.8 Å². The van der Waals surface area contributed by atoms with Crippen LogP contribution >= 0.6 is 12.4 Å². The van der Waals surface area contributed by atoms with Crippen LogP contribution < -0.4 is 14.8 Å². The van der Waals surface area contributed by atoms with Crippen molar-refractivity contribution in [2.24, 2.45) is 12.5 Å². The number of halogens is 1. The number of nitrogens with one attached hydrogen (secondary N) is 1. The van der Waals surface area contributed by atoms with E-state index in [9.17, 15) is 0 Å². The number of aromatic nitrogens is 2. The Morgan fingerprint density at radius 2 is 2.04 bits per heavy atom. The molecule has 0 radical (unpaired) electrons. The lowest BCUT2D eigenvalue weighted by Crippen LogP contribution is -2.29. The molecule has 0 saturated carbocycles. The van der Waals surface area contributed by atoms with Crippen LogP contribution in [-0.2, 0) is 13.6 Å². The minimum absolute atomic E-state index is 0. The van der Waals surface area contributed by atoms with Crippen LogP contribution in [0.4, 0.5) is 0 Å². The summed E-state index contributed by atoms with van der Waals surface area (Å²) in [5.74, 6) is 1.67. The molecule has 0 aliphatic carbocycles. The largest absolute Gasteiger partial charge is 0.490 e. The highest BCUT2D eigenvalue weighted by Gasteiger charge is 2.40. The third-order valence-electron chi connectivity index (χ3n) is 6.17. The van der Waals surface area contributed by atoms with Crippen molar-refractivity contribution in [2.45, 2.75) is 25.8 Å². The van der Waals surface area contributed by atoms with Crippen LogP contribution in [0.5, 0.6) is 11.5 Å². The Balaban J connectivity index is 0.00000192. The maximum absolute atomic E-state index is 5.88. The summed E-state index contributed by atoms with van der Waals surface area (Å²) in [6, 6.07) is 6.20. The lowest BCUT2D eigenvalue weighted by molar-refractivity contribution is 0.269. The molecule has 0 bridgehead atoms. The molecule has 6 nitrogen and oxygen atoms in total. The van der Waals surface area contributed by atoms with Crippen LogP contribution in [0.1, 0.15) is 24.8 Å². The van der Waals surface area contributed by atoms with Gasteiger partial charge in [0.15, 0.2) is 11.5 Å². The molecule has 2 aromatic rings. The van der Waals surface area contributed by atoms with Gasteiger partial charge in [-0.25, -0.2) is 0 Å². The molecule has 2 saturated heterocycles. The fourth-order valence-corrected chi connectivity index (χ4v) is 4.75. The summed E-state index contributed by atoms with van der Waals surface area (Å²) in [6.07, 6.45) is 5.70. The summed E-state index contributed by atoms with van der Waals surface area (Å²) in [4.78, 5) is 2.59. The van der Waals surface area contributed by atoms with Crippen LogP contribution in [0.25, 0.3) is 11.3 Å². The Kier molecular flexibility index (Phi) is 5.54. The highest BCUT2D eigenvalue weighted by atomic mass is 35.5. The number of hydrogen-bond acceptors (Lipinski definition) is 5. The van der Waals surface area contributed by atoms with E-state index < -0.39 is 0 Å². The van der Waals surface area contributed by atoms with Gasteiger partial charge in [0.25, 0.3) is 0 Å². The molecule has 2 fully saturated rings. The zero-order valence-electron chi connectivity index (χ0n) is 16.4. The maximum Gasteiger partial charge on any atom is 0.161 e. The van der Waals surface area contributed by atoms with E-state index in [1.165, 1.54) is 44.6 Å². The van der Waals surface area contributed by atoms with Gasteiger partial charge in [0.1, 0.15) is 0 Å². The highest BCUT2D eigenvalue weighted by molar-refractivity contribution is 5.85. The monoisotopic (exact) mass is 404 g/mol. The van der Waals surface area contributed by atoms with Gasteiger partial charge >= 0.3 is 0 Å². The molecule has 7 heteroatoms. The van der Waals surface area contributed by atoms with E-state index in [4.69, 9.17) is 14.6 Å². The van der Waals surface area contributed by atoms with Crippen LogP contribution in [0.2, 0.25) is 0 Å². The van der Waals surface area contributed by atoms with E-state index in [0.29, 0.717) is 18.6 Å². The van der Waals surface area contributed by atoms with E-state index in [-0.39, 0.29) is 12.4 Å². The van der Waals surface area contributed by atoms with Crippen molar-refractivity contribution in [3.05, 3.63) is 30.0 Å². The first-order valence-corrected chi connectivity index (χ1v) is 10.1. The normalized spacial score (nSPS) is 24.3. The Bertz CT molecular complexity index is 832. The number of hydrogen-bond donors (Lipinski definition) is 1. The molecule has 1 aromatic heterocycles. The lowest BCUT2D eigenvalue weighted by atomic mass is 9.86. The summed E-state index contributed by atoms with van der Waals surface area (Å²) < 4.78 is 13.6. The predicted octanol–water partition coefficient (Wildman–Crippen LogP) is 2.86. The van der Waals surface area contributed by atoms with Gasteiger partial charge in [-0.3, -0.25) is 9.58 Å². The zero-order chi connectivity index (χ0) is 18.3. The standard InChI is InChI=1S/C21H28N4O2.ClH/c1-24-12-17(13-25-8-6-21(15-25)5-7-22-14-21)20(23-24)16-3-4-18-19(11-16)27-10-2-9-26-18;/h3-4,11-12,22H,2,5-10,13-15H2,1H3;1H. The molecular formula is C21H29ClN4O2. The van der Waals surface area contributed by atoms with E-state index in [0.717, 1.165) is 35.7 Å². The first-order valence-electron chi connectivity index (χ1n) is 10.1. The fourth-order valence-electron chi connectivity index (χ4n) is 4.75. The summed E-state index contributed by atoms with van der Waals surface area (Å²) in [7, 11) is 2.00. The minimum atomic E-state index is 0. The van der Waals surface area contributed by atoms with Gasteiger partial charge in [0.05, 0.1) is 18.9 Å². The van der Waals surface area contributed by atoms with Crippen molar-refractivity contribution in [1.82, 2.24) is 20.0 Å². The molecule has 3 aliphatic heterocycles. The van der Waals surface area contributed by atoms with Gasteiger partial charge in [-0.05, 0) is 49.5 Å². The molecule has 3 aliphatic rings. The number of aryl methyl sites for hydroxylation is 1. The van der Waals surface area contributed by atoms with Gasteiger partial charge in [0, 0.05) is 50.4 Å². The minimum Gasteiger partial charge on any atom is -0.490 e. The number of benzene rings is 1. The Morgan fingerprint density at radius 3 is 2.86 bits per heavy atom. The van der Waals surface area contributed by atoms with Crippen LogP contribution in [0.15, 0.2) is 24.4 Å². The van der Waals surface area contributed by atoms with Crippen molar-refractivity contribution in [1.29, 1.82) is 0 Å². The molecule has 1 unspecified atom stereocenters. The predicted molar refractivity (Wildman–Crippen MR) is 111 cm³/mol. The molecule has 1 N–H and O–H groups in total. The van der Waals surface area contributed by atoms with E-state index in [2.05, 4.69) is 28.5 Å². The molecular weight excluding hydrogens is 376 g/mol. The second kappa shape index (κ2) is 7.93. The molecule has 1 aromatic carbocycles. The molecule has 28 heavy (non-hydrogen) atoms. The van der Waals surface area contributed by atoms with Crippen molar-refractivity contribution in [3.63, 3.8) is 0 Å². The SMILES string of the molecule is Cl.Cn1cc(CN2CCC3(CCNC3)C2)c(-c2ccc3c(c2)OCCCO3)n1. The van der Waals surface area contributed by atoms with Crippen molar-refractivity contribution in [3.8, 4) is 22.8 Å². The number of nitrogens with zero attached hydrogens (tertiary/aromatic N) is 3. The van der Waals surface area contributed by atoms with Gasteiger partial charge < -0.3 is 14.8 Å². The van der Waals surface area contributed by atoms with Crippen LogP contribution in [0, 0.1) is 5.41 Å². The second-order valence-electron chi connectivity index (χ2n) is 8.28. The van der Waals surface area contributed by atoms with E-state index in [1.54, 1.807) is 0 Å². The Hall–Kier alpha value is -1.76. The van der Waals surface area contributed by atoms with Gasteiger partial charge in [0.2, 0.25) is 0 Å². The molecule has 5 rings (SSSR count). The van der Waals surface area contributed by atoms with E-state index >= 15 is 0 Å². The summed E-state index contributed by atoms with van der Waals surface area (Å²) in [5, 5.41) is 8.31. The quantitative estimate of drug-likeness (QED) is 0.852. The molecule has 0 amide bonds. The van der Waals surface area contributed by atoms with Gasteiger partial charge in [-0.1, -0.05) is 0 Å². The summed E-state index contributed by atoms with van der Waals surface area (Å²) >= 11 is 0. The third kappa shape index (κ3) is 3.73. The summed E-state index contributed by atoms with van der Waals surface area (Å²) in [5.41, 5.74) is 3.94. The summed E-state index contributed by atoms with van der Waals surface area (Å²) in [6.45, 7) is 7.09. The number of fused-ring (bicyclic) bond motifs is 1. The molecule has 1 atom stereocenters. The van der Waals surface area contributed by atoms with Crippen LogP contribution in [0.3, 0.4) is 0 Å². The first kappa shape index (κ1) is 19.6. The first-order chi connectivity index (χ1) is 13.2. The molecule has 4 heterocycles. The maximum atomic E-state index is 5.88. The average molecular weight is 405 g/mol. The second-order valence-corrected chi connectivity index (χ2v) is 8.28. The zero-order valence-corrected chi connectivity index (χ0v) is 17.3. The Labute approximate surface area is 172 Å². The molecule has 152 valence electrons. The van der Waals surface area contributed by atoms with Gasteiger partial charge in [-0.2, -0.15) is 5.10 Å². The average Bonchev–Trinajstić information content (AvgIpc) is 3.33. The van der Waals surface area contributed by atoms with Crippen molar-refractivity contribution in [2.75, 3.05) is 39.4 Å². The smallest absolute Gasteiger partial charge is 0.161 e. The number of ether oxygens (including phenoxy) is 2. The Morgan fingerprint density at radius 1 is 1.18 bits per heavy atom. The molecule has 1 spiro atoms.